The molecule has 1 saturated heterocycles. The first-order valence-corrected chi connectivity index (χ1v) is 6.92. The number of benzene rings is 1. The molecule has 2 amide bonds. The van der Waals surface area contributed by atoms with Crippen molar-refractivity contribution in [2.24, 2.45) is 0 Å². The Morgan fingerprint density at radius 3 is 2.39 bits per heavy atom. The topological polar surface area (TPSA) is 74.7 Å². The SMILES string of the molecule is O=C(O)c1ccc(N2C(=O)CSCC2=O)c(Br)c1. The Bertz CT molecular complexity index is 530. The van der Waals surface area contributed by atoms with E-state index in [1.54, 1.807) is 0 Å². The number of amides is 2. The molecule has 94 valence electrons. The van der Waals surface area contributed by atoms with Crippen molar-refractivity contribution >= 4 is 51.2 Å². The number of nitrogens with zero attached hydrogens (tertiary/aromatic N) is 1. The van der Waals surface area contributed by atoms with Crippen LogP contribution in [0.3, 0.4) is 0 Å². The quantitative estimate of drug-likeness (QED) is 0.837. The molecule has 1 N–H and O–H groups in total. The molecule has 18 heavy (non-hydrogen) atoms. The lowest BCUT2D eigenvalue weighted by Crippen LogP contribution is -2.43. The van der Waals surface area contributed by atoms with Crippen molar-refractivity contribution in [2.45, 2.75) is 0 Å². The minimum Gasteiger partial charge on any atom is -0.478 e. The molecule has 1 aromatic rings. The van der Waals surface area contributed by atoms with Gasteiger partial charge in [-0.2, -0.15) is 0 Å². The standard InChI is InChI=1S/C11H8BrNO4S/c12-7-3-6(11(16)17)1-2-8(7)13-9(14)4-18-5-10(13)15/h1-3H,4-5H2,(H,16,17). The van der Waals surface area contributed by atoms with E-state index in [-0.39, 0.29) is 28.9 Å². The summed E-state index contributed by atoms with van der Waals surface area (Å²) in [5.41, 5.74) is 0.479. The summed E-state index contributed by atoms with van der Waals surface area (Å²) >= 11 is 4.46. The minimum atomic E-state index is -1.06. The first kappa shape index (κ1) is 13.1. The van der Waals surface area contributed by atoms with E-state index in [0.29, 0.717) is 10.2 Å². The molecule has 1 fully saturated rings. The van der Waals surface area contributed by atoms with Crippen LogP contribution in [0.1, 0.15) is 10.4 Å². The monoisotopic (exact) mass is 329 g/mol. The van der Waals surface area contributed by atoms with Crippen LogP contribution < -0.4 is 4.90 Å². The minimum absolute atomic E-state index is 0.0944. The predicted molar refractivity (Wildman–Crippen MR) is 70.9 cm³/mol. The smallest absolute Gasteiger partial charge is 0.335 e. The van der Waals surface area contributed by atoms with Gasteiger partial charge in [0.25, 0.3) is 0 Å². The van der Waals surface area contributed by atoms with Gasteiger partial charge in [0.1, 0.15) is 0 Å². The summed E-state index contributed by atoms with van der Waals surface area (Å²) < 4.78 is 0.413. The second-order valence-electron chi connectivity index (χ2n) is 3.59. The molecule has 1 aliphatic rings. The summed E-state index contributed by atoms with van der Waals surface area (Å²) in [7, 11) is 0. The first-order chi connectivity index (χ1) is 8.50. The van der Waals surface area contributed by atoms with Gasteiger partial charge >= 0.3 is 5.97 Å². The first-order valence-electron chi connectivity index (χ1n) is 4.97. The molecule has 0 saturated carbocycles. The van der Waals surface area contributed by atoms with Crippen LogP contribution in [-0.4, -0.2) is 34.4 Å². The summed E-state index contributed by atoms with van der Waals surface area (Å²) in [6, 6.07) is 4.20. The molecular formula is C11H8BrNO4S. The molecule has 1 aromatic carbocycles. The third-order valence-corrected chi connectivity index (χ3v) is 3.92. The van der Waals surface area contributed by atoms with Crippen LogP contribution in [-0.2, 0) is 9.59 Å². The Morgan fingerprint density at radius 2 is 1.89 bits per heavy atom. The zero-order valence-corrected chi connectivity index (χ0v) is 11.5. The number of halogens is 1. The van der Waals surface area contributed by atoms with Crippen molar-refractivity contribution in [3.8, 4) is 0 Å². The van der Waals surface area contributed by atoms with E-state index in [2.05, 4.69) is 15.9 Å². The lowest BCUT2D eigenvalue weighted by molar-refractivity contribution is -0.124. The van der Waals surface area contributed by atoms with E-state index >= 15 is 0 Å². The molecule has 0 radical (unpaired) electrons. The highest BCUT2D eigenvalue weighted by atomic mass is 79.9. The molecule has 1 heterocycles. The number of imide groups is 1. The Hall–Kier alpha value is -1.34. The van der Waals surface area contributed by atoms with Crippen LogP contribution in [0.4, 0.5) is 5.69 Å². The highest BCUT2D eigenvalue weighted by molar-refractivity contribution is 9.10. The summed E-state index contributed by atoms with van der Waals surface area (Å²) in [6.07, 6.45) is 0. The number of hydrogen-bond donors (Lipinski definition) is 1. The lowest BCUT2D eigenvalue weighted by atomic mass is 10.2. The third-order valence-electron chi connectivity index (χ3n) is 2.39. The van der Waals surface area contributed by atoms with E-state index in [1.807, 2.05) is 0 Å². The van der Waals surface area contributed by atoms with Crippen LogP contribution in [0, 0.1) is 0 Å². The highest BCUT2D eigenvalue weighted by Gasteiger charge is 2.29. The zero-order chi connectivity index (χ0) is 13.3. The van der Waals surface area contributed by atoms with E-state index in [4.69, 9.17) is 5.11 Å². The number of carbonyl (C=O) groups excluding carboxylic acids is 2. The average molecular weight is 330 g/mol. The van der Waals surface area contributed by atoms with Gasteiger partial charge in [-0.3, -0.25) is 9.59 Å². The molecule has 0 spiro atoms. The Labute approximate surface area is 115 Å². The summed E-state index contributed by atoms with van der Waals surface area (Å²) in [5.74, 6) is -1.15. The van der Waals surface area contributed by atoms with Gasteiger partial charge in [-0.15, -0.1) is 11.8 Å². The second-order valence-corrected chi connectivity index (χ2v) is 5.43. The van der Waals surface area contributed by atoms with Gasteiger partial charge in [-0.25, -0.2) is 9.69 Å². The lowest BCUT2D eigenvalue weighted by Gasteiger charge is -2.25. The predicted octanol–water partition coefficient (Wildman–Crippen LogP) is 1.75. The summed E-state index contributed by atoms with van der Waals surface area (Å²) in [4.78, 5) is 35.3. The largest absolute Gasteiger partial charge is 0.478 e. The van der Waals surface area contributed by atoms with E-state index in [0.717, 1.165) is 4.90 Å². The summed E-state index contributed by atoms with van der Waals surface area (Å²) in [6.45, 7) is 0. The maximum atomic E-state index is 11.7. The molecule has 7 heteroatoms. The zero-order valence-electron chi connectivity index (χ0n) is 9.05. The van der Waals surface area contributed by atoms with Crippen LogP contribution in [0.15, 0.2) is 22.7 Å². The number of carboxylic acid groups (broad SMARTS) is 1. The van der Waals surface area contributed by atoms with Gasteiger partial charge in [0.05, 0.1) is 22.8 Å². The molecule has 5 nitrogen and oxygen atoms in total. The van der Waals surface area contributed by atoms with E-state index < -0.39 is 5.97 Å². The maximum absolute atomic E-state index is 11.7. The number of hydrogen-bond acceptors (Lipinski definition) is 4. The normalized spacial score (nSPS) is 15.9. The average Bonchev–Trinajstić information content (AvgIpc) is 2.30. The van der Waals surface area contributed by atoms with Crippen molar-refractivity contribution in [3.05, 3.63) is 28.2 Å². The molecule has 2 rings (SSSR count). The molecule has 0 bridgehead atoms. The van der Waals surface area contributed by atoms with E-state index in [1.165, 1.54) is 30.0 Å². The fourth-order valence-electron chi connectivity index (χ4n) is 1.58. The third kappa shape index (κ3) is 2.41. The fraction of sp³-hybridized carbons (Fsp3) is 0.182. The van der Waals surface area contributed by atoms with Gasteiger partial charge in [-0.1, -0.05) is 0 Å². The van der Waals surface area contributed by atoms with Crippen molar-refractivity contribution in [3.63, 3.8) is 0 Å². The van der Waals surface area contributed by atoms with Gasteiger partial charge in [-0.05, 0) is 34.1 Å². The summed E-state index contributed by atoms with van der Waals surface area (Å²) in [5, 5.41) is 8.84. The number of thioether (sulfide) groups is 1. The van der Waals surface area contributed by atoms with Crippen LogP contribution in [0.2, 0.25) is 0 Å². The van der Waals surface area contributed by atoms with Crippen LogP contribution in [0.5, 0.6) is 0 Å². The molecule has 0 aliphatic carbocycles. The molecule has 1 aliphatic heterocycles. The molecule has 0 unspecified atom stereocenters. The van der Waals surface area contributed by atoms with E-state index in [9.17, 15) is 14.4 Å². The number of aromatic carboxylic acids is 1. The van der Waals surface area contributed by atoms with Gasteiger partial charge < -0.3 is 5.11 Å². The fourth-order valence-corrected chi connectivity index (χ4v) is 2.85. The Morgan fingerprint density at radius 1 is 1.28 bits per heavy atom. The number of carboxylic acids is 1. The second kappa shape index (κ2) is 5.11. The van der Waals surface area contributed by atoms with Crippen molar-refractivity contribution < 1.29 is 19.5 Å². The molecule has 0 atom stereocenters. The molecule has 0 aromatic heterocycles. The highest BCUT2D eigenvalue weighted by Crippen LogP contribution is 2.30. The van der Waals surface area contributed by atoms with Crippen molar-refractivity contribution in [1.82, 2.24) is 0 Å². The maximum Gasteiger partial charge on any atom is 0.335 e. The number of anilines is 1. The van der Waals surface area contributed by atoms with Gasteiger partial charge in [0.2, 0.25) is 11.8 Å². The van der Waals surface area contributed by atoms with Crippen LogP contribution >= 0.6 is 27.7 Å². The Kier molecular flexibility index (Phi) is 3.72. The molecular weight excluding hydrogens is 322 g/mol. The van der Waals surface area contributed by atoms with Crippen LogP contribution in [0.25, 0.3) is 0 Å². The van der Waals surface area contributed by atoms with Gasteiger partial charge in [0, 0.05) is 4.47 Å². The number of rotatable bonds is 2. The van der Waals surface area contributed by atoms with Crippen molar-refractivity contribution in [1.29, 1.82) is 0 Å². The number of carbonyl (C=O) groups is 3. The van der Waals surface area contributed by atoms with Gasteiger partial charge in [0.15, 0.2) is 0 Å². The van der Waals surface area contributed by atoms with Crippen molar-refractivity contribution in [2.75, 3.05) is 16.4 Å². The Balaban J connectivity index is 2.41.